The monoisotopic (exact) mass is 525 g/mol. The van der Waals surface area contributed by atoms with E-state index in [2.05, 4.69) is 63.0 Å². The zero-order chi connectivity index (χ0) is 23.4. The lowest BCUT2D eigenvalue weighted by Gasteiger charge is -2.24. The molecule has 178 valence electrons. The van der Waals surface area contributed by atoms with E-state index < -0.39 is 9.84 Å². The number of halogens is 1. The molecule has 0 amide bonds. The second kappa shape index (κ2) is 14.0. The topological polar surface area (TPSA) is 93.4 Å². The van der Waals surface area contributed by atoms with Crippen LogP contribution in [-0.4, -0.2) is 58.8 Å². The third kappa shape index (κ3) is 10.9. The molecule has 8 heteroatoms. The maximum Gasteiger partial charge on any atom is 0.147 e. The van der Waals surface area contributed by atoms with Crippen LogP contribution in [-0.2, 0) is 22.7 Å². The average molecular weight is 527 g/mol. The van der Waals surface area contributed by atoms with Crippen LogP contribution in [0.5, 0.6) is 5.75 Å². The van der Waals surface area contributed by atoms with Crippen molar-refractivity contribution in [3.63, 3.8) is 0 Å². The van der Waals surface area contributed by atoms with Gasteiger partial charge in [0.25, 0.3) is 0 Å². The van der Waals surface area contributed by atoms with Crippen LogP contribution in [0, 0.1) is 0 Å². The minimum Gasteiger partial charge on any atom is -0.494 e. The van der Waals surface area contributed by atoms with Crippen molar-refractivity contribution < 1.29 is 13.2 Å². The summed E-state index contributed by atoms with van der Waals surface area (Å²) in [4.78, 5) is 0. The standard InChI is InChI=1S/C24H36BrN3O3S/c1-3-31-24-10-6-20(7-11-24)16-23(18-28-22(17-26)13-15-32(2,29)30)27-14-12-19-4-8-21(25)9-5-19/h4-11,22-23,27-28H,3,12-18,26H2,1-2H3/t22-,23?/m0/s1. The third-order valence-corrected chi connectivity index (χ3v) is 6.76. The van der Waals surface area contributed by atoms with Gasteiger partial charge in [-0.25, -0.2) is 8.42 Å². The van der Waals surface area contributed by atoms with Crippen LogP contribution in [0.1, 0.15) is 24.5 Å². The van der Waals surface area contributed by atoms with Crippen molar-refractivity contribution >= 4 is 25.8 Å². The van der Waals surface area contributed by atoms with E-state index in [9.17, 15) is 8.42 Å². The van der Waals surface area contributed by atoms with Gasteiger partial charge in [0.1, 0.15) is 15.6 Å². The molecular weight excluding hydrogens is 490 g/mol. The molecule has 2 aromatic carbocycles. The quantitative estimate of drug-likeness (QED) is 0.331. The Morgan fingerprint density at radius 1 is 1.00 bits per heavy atom. The molecule has 2 atom stereocenters. The van der Waals surface area contributed by atoms with E-state index in [0.29, 0.717) is 26.1 Å². The van der Waals surface area contributed by atoms with Gasteiger partial charge in [0.15, 0.2) is 0 Å². The highest BCUT2D eigenvalue weighted by Gasteiger charge is 2.15. The molecule has 0 heterocycles. The summed E-state index contributed by atoms with van der Waals surface area (Å²) in [5.74, 6) is 1.01. The predicted octanol–water partition coefficient (Wildman–Crippen LogP) is 2.94. The molecule has 0 aromatic heterocycles. The Labute approximate surface area is 201 Å². The maximum atomic E-state index is 11.5. The van der Waals surface area contributed by atoms with Crippen molar-refractivity contribution in [1.82, 2.24) is 10.6 Å². The summed E-state index contributed by atoms with van der Waals surface area (Å²) in [7, 11) is -3.00. The van der Waals surface area contributed by atoms with E-state index in [1.165, 1.54) is 17.4 Å². The predicted molar refractivity (Wildman–Crippen MR) is 136 cm³/mol. The van der Waals surface area contributed by atoms with Crippen LogP contribution in [0.3, 0.4) is 0 Å². The minimum absolute atomic E-state index is 0.0270. The largest absolute Gasteiger partial charge is 0.494 e. The summed E-state index contributed by atoms with van der Waals surface area (Å²) in [6, 6.07) is 16.7. The second-order valence-electron chi connectivity index (χ2n) is 8.07. The van der Waals surface area contributed by atoms with Crippen molar-refractivity contribution in [2.45, 2.75) is 38.3 Å². The van der Waals surface area contributed by atoms with Gasteiger partial charge in [-0.15, -0.1) is 0 Å². The van der Waals surface area contributed by atoms with Gasteiger partial charge in [-0.3, -0.25) is 0 Å². The van der Waals surface area contributed by atoms with Gasteiger partial charge < -0.3 is 21.1 Å². The number of hydrogen-bond donors (Lipinski definition) is 3. The molecular formula is C24H36BrN3O3S. The molecule has 6 nitrogen and oxygen atoms in total. The number of sulfone groups is 1. The van der Waals surface area contributed by atoms with E-state index in [-0.39, 0.29) is 17.8 Å². The van der Waals surface area contributed by atoms with E-state index in [1.807, 2.05) is 19.1 Å². The molecule has 4 N–H and O–H groups in total. The molecule has 0 aliphatic rings. The van der Waals surface area contributed by atoms with Gasteiger partial charge in [0, 0.05) is 35.9 Å². The number of benzene rings is 2. The fourth-order valence-corrected chi connectivity index (χ4v) is 4.41. The Balaban J connectivity index is 1.95. The maximum absolute atomic E-state index is 11.5. The van der Waals surface area contributed by atoms with Crippen LogP contribution in [0.2, 0.25) is 0 Å². The fourth-order valence-electron chi connectivity index (χ4n) is 3.43. The number of nitrogens with two attached hydrogens (primary N) is 1. The van der Waals surface area contributed by atoms with E-state index in [1.54, 1.807) is 0 Å². The Bertz CT molecular complexity index is 890. The lowest BCUT2D eigenvalue weighted by molar-refractivity contribution is 0.340. The Morgan fingerprint density at radius 3 is 2.25 bits per heavy atom. The molecule has 1 unspecified atom stereocenters. The smallest absolute Gasteiger partial charge is 0.147 e. The molecule has 0 saturated carbocycles. The van der Waals surface area contributed by atoms with Gasteiger partial charge in [-0.2, -0.15) is 0 Å². The van der Waals surface area contributed by atoms with Crippen LogP contribution >= 0.6 is 15.9 Å². The zero-order valence-electron chi connectivity index (χ0n) is 19.0. The van der Waals surface area contributed by atoms with E-state index >= 15 is 0 Å². The highest BCUT2D eigenvalue weighted by Crippen LogP contribution is 2.14. The van der Waals surface area contributed by atoms with Crippen LogP contribution in [0.15, 0.2) is 53.0 Å². The van der Waals surface area contributed by atoms with Crippen molar-refractivity contribution in [2.24, 2.45) is 5.73 Å². The normalized spacial score (nSPS) is 13.6. The summed E-state index contributed by atoms with van der Waals surface area (Å²) < 4.78 is 29.6. The minimum atomic E-state index is -3.00. The molecule has 0 fully saturated rings. The first-order chi connectivity index (χ1) is 15.3. The number of rotatable bonds is 15. The molecule has 2 rings (SSSR count). The molecule has 2 aromatic rings. The van der Waals surface area contributed by atoms with Gasteiger partial charge in [-0.1, -0.05) is 40.2 Å². The highest BCUT2D eigenvalue weighted by atomic mass is 79.9. The van der Waals surface area contributed by atoms with E-state index in [0.717, 1.165) is 29.6 Å². The fraction of sp³-hybridized carbons (Fsp3) is 0.500. The van der Waals surface area contributed by atoms with Crippen LogP contribution in [0.25, 0.3) is 0 Å². The summed E-state index contributed by atoms with van der Waals surface area (Å²) in [6.45, 7) is 4.59. The van der Waals surface area contributed by atoms with Crippen molar-refractivity contribution in [1.29, 1.82) is 0 Å². The number of hydrogen-bond acceptors (Lipinski definition) is 6. The van der Waals surface area contributed by atoms with Crippen molar-refractivity contribution in [3.8, 4) is 5.75 Å². The molecule has 0 spiro atoms. The van der Waals surface area contributed by atoms with Crippen molar-refractivity contribution in [3.05, 3.63) is 64.1 Å². The summed E-state index contributed by atoms with van der Waals surface area (Å²) in [5.41, 5.74) is 8.38. The summed E-state index contributed by atoms with van der Waals surface area (Å²) in [6.07, 6.45) is 3.56. The SMILES string of the molecule is CCOc1ccc(CC(CN[C@H](CN)CCS(C)(=O)=O)NCCc2ccc(Br)cc2)cc1. The lowest BCUT2D eigenvalue weighted by Crippen LogP contribution is -2.47. The van der Waals surface area contributed by atoms with Crippen LogP contribution in [0.4, 0.5) is 0 Å². The van der Waals surface area contributed by atoms with Gasteiger partial charge in [0.05, 0.1) is 12.4 Å². The summed E-state index contributed by atoms with van der Waals surface area (Å²) >= 11 is 3.47. The Hall–Kier alpha value is -1.45. The molecule has 0 aliphatic carbocycles. The first-order valence-corrected chi connectivity index (χ1v) is 13.9. The highest BCUT2D eigenvalue weighted by molar-refractivity contribution is 9.10. The number of ether oxygens (including phenoxy) is 1. The number of nitrogens with one attached hydrogen (secondary N) is 2. The Morgan fingerprint density at radius 2 is 1.66 bits per heavy atom. The summed E-state index contributed by atoms with van der Waals surface area (Å²) in [5, 5.41) is 7.13. The first kappa shape index (κ1) is 26.8. The molecule has 32 heavy (non-hydrogen) atoms. The molecule has 0 aliphatic heterocycles. The first-order valence-electron chi connectivity index (χ1n) is 11.1. The molecule has 0 saturated heterocycles. The second-order valence-corrected chi connectivity index (χ2v) is 11.2. The van der Waals surface area contributed by atoms with Gasteiger partial charge in [-0.05, 0) is 68.1 Å². The van der Waals surface area contributed by atoms with Crippen LogP contribution < -0.4 is 21.1 Å². The van der Waals surface area contributed by atoms with Gasteiger partial charge in [0.2, 0.25) is 0 Å². The van der Waals surface area contributed by atoms with E-state index in [4.69, 9.17) is 10.5 Å². The van der Waals surface area contributed by atoms with Gasteiger partial charge >= 0.3 is 0 Å². The zero-order valence-corrected chi connectivity index (χ0v) is 21.4. The molecule has 0 radical (unpaired) electrons. The lowest BCUT2D eigenvalue weighted by atomic mass is 10.0. The third-order valence-electron chi connectivity index (χ3n) is 5.25. The average Bonchev–Trinajstić information content (AvgIpc) is 2.76. The molecule has 0 bridgehead atoms. The van der Waals surface area contributed by atoms with Crippen molar-refractivity contribution in [2.75, 3.05) is 38.2 Å². The Kier molecular flexibility index (Phi) is 11.7.